The number of rotatable bonds is 8. The van der Waals surface area contributed by atoms with E-state index in [-0.39, 0.29) is 5.41 Å². The second-order valence-electron chi connectivity index (χ2n) is 6.38. The molecule has 0 aliphatic heterocycles. The summed E-state index contributed by atoms with van der Waals surface area (Å²) in [5, 5.41) is 0. The third-order valence-electron chi connectivity index (χ3n) is 4.26. The number of hydrogen-bond donors (Lipinski definition) is 0. The zero-order valence-electron chi connectivity index (χ0n) is 15.7. The Kier molecular flexibility index (Phi) is 6.88. The Bertz CT molecular complexity index is 665. The van der Waals surface area contributed by atoms with Crippen molar-refractivity contribution in [2.75, 3.05) is 13.2 Å². The fourth-order valence-electron chi connectivity index (χ4n) is 2.83. The summed E-state index contributed by atoms with van der Waals surface area (Å²) in [4.78, 5) is 0. The van der Waals surface area contributed by atoms with E-state index >= 15 is 0 Å². The Balaban J connectivity index is 2.39. The normalized spacial score (nSPS) is 12.0. The van der Waals surface area contributed by atoms with Gasteiger partial charge in [-0.05, 0) is 26.0 Å². The maximum Gasteiger partial charge on any atom is 0.123 e. The van der Waals surface area contributed by atoms with Crippen LogP contribution in [0.4, 0.5) is 0 Å². The average Bonchev–Trinajstić information content (AvgIpc) is 2.63. The lowest BCUT2D eigenvalue weighted by atomic mass is 9.77. The molecule has 0 aromatic heterocycles. The third-order valence-corrected chi connectivity index (χ3v) is 4.26. The molecule has 0 atom stereocenters. The van der Waals surface area contributed by atoms with Gasteiger partial charge in [-0.3, -0.25) is 0 Å². The van der Waals surface area contributed by atoms with Crippen molar-refractivity contribution in [2.45, 2.75) is 33.1 Å². The van der Waals surface area contributed by atoms with Gasteiger partial charge in [0.15, 0.2) is 0 Å². The van der Waals surface area contributed by atoms with Crippen LogP contribution in [0.3, 0.4) is 0 Å². The molecule has 0 aliphatic carbocycles. The van der Waals surface area contributed by atoms with Crippen LogP contribution in [-0.4, -0.2) is 13.2 Å². The Morgan fingerprint density at radius 3 is 1.52 bits per heavy atom. The molecule has 132 valence electrons. The van der Waals surface area contributed by atoms with Gasteiger partial charge in [-0.1, -0.05) is 74.5 Å². The molecule has 0 fully saturated rings. The molecular formula is C23H28O2. The number of ether oxygens (including phenoxy) is 2. The molecule has 0 N–H and O–H groups in total. The highest BCUT2D eigenvalue weighted by Gasteiger charge is 2.29. The van der Waals surface area contributed by atoms with Gasteiger partial charge in [0, 0.05) is 16.5 Å². The molecule has 0 spiro atoms. The Hall–Kier alpha value is -2.48. The van der Waals surface area contributed by atoms with E-state index in [2.05, 4.69) is 38.1 Å². The van der Waals surface area contributed by atoms with Crippen molar-refractivity contribution in [1.29, 1.82) is 0 Å². The molecule has 0 saturated heterocycles. The second kappa shape index (κ2) is 9.12. The lowest BCUT2D eigenvalue weighted by Gasteiger charge is -2.29. The first kappa shape index (κ1) is 18.9. The summed E-state index contributed by atoms with van der Waals surface area (Å²) < 4.78 is 12.0. The monoisotopic (exact) mass is 336 g/mol. The van der Waals surface area contributed by atoms with Crippen LogP contribution in [0.2, 0.25) is 0 Å². The van der Waals surface area contributed by atoms with E-state index in [1.54, 1.807) is 0 Å². The SMILES string of the molecule is CC=CCOc1ccccc1C(C)(C)c1ccccc1OCC=CC. The van der Waals surface area contributed by atoms with Crippen LogP contribution in [0.5, 0.6) is 11.5 Å². The molecular weight excluding hydrogens is 308 g/mol. The van der Waals surface area contributed by atoms with Crippen LogP contribution in [0, 0.1) is 0 Å². The minimum Gasteiger partial charge on any atom is -0.489 e. The van der Waals surface area contributed by atoms with Crippen LogP contribution in [0.15, 0.2) is 72.8 Å². The van der Waals surface area contributed by atoms with Crippen molar-refractivity contribution >= 4 is 0 Å². The van der Waals surface area contributed by atoms with Gasteiger partial charge in [-0.15, -0.1) is 0 Å². The summed E-state index contributed by atoms with van der Waals surface area (Å²) in [5.74, 6) is 1.82. The molecule has 2 heteroatoms. The fourth-order valence-corrected chi connectivity index (χ4v) is 2.83. The Morgan fingerprint density at radius 2 is 1.12 bits per heavy atom. The third kappa shape index (κ3) is 4.76. The van der Waals surface area contributed by atoms with Gasteiger partial charge in [0.2, 0.25) is 0 Å². The summed E-state index contributed by atoms with van der Waals surface area (Å²) in [6.07, 6.45) is 8.02. The average molecular weight is 336 g/mol. The van der Waals surface area contributed by atoms with Crippen molar-refractivity contribution in [3.05, 3.63) is 84.0 Å². The quantitative estimate of drug-likeness (QED) is 0.557. The highest BCUT2D eigenvalue weighted by molar-refractivity contribution is 5.50. The minimum atomic E-state index is -0.237. The first-order valence-electron chi connectivity index (χ1n) is 8.78. The van der Waals surface area contributed by atoms with Crippen LogP contribution in [-0.2, 0) is 5.41 Å². The van der Waals surface area contributed by atoms with Crippen LogP contribution >= 0.6 is 0 Å². The number of allylic oxidation sites excluding steroid dienone is 2. The number of para-hydroxylation sites is 2. The second-order valence-corrected chi connectivity index (χ2v) is 6.38. The Labute approximate surface area is 151 Å². The van der Waals surface area contributed by atoms with Crippen molar-refractivity contribution in [2.24, 2.45) is 0 Å². The molecule has 0 radical (unpaired) electrons. The molecule has 0 aliphatic rings. The maximum atomic E-state index is 5.98. The molecule has 2 aromatic rings. The summed E-state index contributed by atoms with van der Waals surface area (Å²) in [7, 11) is 0. The highest BCUT2D eigenvalue weighted by Crippen LogP contribution is 2.41. The van der Waals surface area contributed by atoms with Crippen LogP contribution in [0.25, 0.3) is 0 Å². The first-order valence-corrected chi connectivity index (χ1v) is 8.78. The molecule has 0 bridgehead atoms. The molecule has 2 rings (SSSR count). The minimum absolute atomic E-state index is 0.237. The maximum absolute atomic E-state index is 5.98. The van der Waals surface area contributed by atoms with E-state index in [0.717, 1.165) is 22.6 Å². The van der Waals surface area contributed by atoms with E-state index in [0.29, 0.717) is 13.2 Å². The van der Waals surface area contributed by atoms with Crippen molar-refractivity contribution < 1.29 is 9.47 Å². The molecule has 0 amide bonds. The van der Waals surface area contributed by atoms with E-state index in [1.807, 2.05) is 62.4 Å². The summed E-state index contributed by atoms with van der Waals surface area (Å²) >= 11 is 0. The van der Waals surface area contributed by atoms with Crippen molar-refractivity contribution in [3.63, 3.8) is 0 Å². The smallest absolute Gasteiger partial charge is 0.123 e. The zero-order chi connectivity index (χ0) is 18.1. The molecule has 0 unspecified atom stereocenters. The number of benzene rings is 2. The van der Waals surface area contributed by atoms with Crippen molar-refractivity contribution in [1.82, 2.24) is 0 Å². The largest absolute Gasteiger partial charge is 0.489 e. The standard InChI is InChI=1S/C23H28O2/c1-5-7-17-24-21-15-11-9-13-19(21)23(3,4)20-14-10-12-16-22(20)25-18-8-6-2/h5-16H,17-18H2,1-4H3. The summed E-state index contributed by atoms with van der Waals surface area (Å²) in [5.41, 5.74) is 2.07. The van der Waals surface area contributed by atoms with Gasteiger partial charge in [0.05, 0.1) is 0 Å². The fraction of sp³-hybridized carbons (Fsp3) is 0.304. The van der Waals surface area contributed by atoms with Crippen molar-refractivity contribution in [3.8, 4) is 11.5 Å². The van der Waals surface area contributed by atoms with Gasteiger partial charge < -0.3 is 9.47 Å². The van der Waals surface area contributed by atoms with E-state index in [1.165, 1.54) is 0 Å². The van der Waals surface area contributed by atoms with Crippen LogP contribution in [0.1, 0.15) is 38.8 Å². The Morgan fingerprint density at radius 1 is 0.720 bits per heavy atom. The highest BCUT2D eigenvalue weighted by atomic mass is 16.5. The lowest BCUT2D eigenvalue weighted by Crippen LogP contribution is -2.21. The predicted octanol–water partition coefficient (Wildman–Crippen LogP) is 5.92. The molecule has 0 saturated carbocycles. The summed E-state index contributed by atoms with van der Waals surface area (Å²) in [6.45, 7) is 9.56. The van der Waals surface area contributed by atoms with Gasteiger partial charge in [0.1, 0.15) is 24.7 Å². The summed E-state index contributed by atoms with van der Waals surface area (Å²) in [6, 6.07) is 16.5. The number of hydrogen-bond acceptors (Lipinski definition) is 2. The molecule has 25 heavy (non-hydrogen) atoms. The van der Waals surface area contributed by atoms with E-state index in [4.69, 9.17) is 9.47 Å². The molecule has 2 aromatic carbocycles. The van der Waals surface area contributed by atoms with Gasteiger partial charge >= 0.3 is 0 Å². The van der Waals surface area contributed by atoms with E-state index < -0.39 is 0 Å². The molecule has 0 heterocycles. The van der Waals surface area contributed by atoms with Gasteiger partial charge in [0.25, 0.3) is 0 Å². The zero-order valence-corrected chi connectivity index (χ0v) is 15.7. The van der Waals surface area contributed by atoms with E-state index in [9.17, 15) is 0 Å². The van der Waals surface area contributed by atoms with Gasteiger partial charge in [-0.25, -0.2) is 0 Å². The lowest BCUT2D eigenvalue weighted by molar-refractivity contribution is 0.343. The topological polar surface area (TPSA) is 18.5 Å². The molecule has 2 nitrogen and oxygen atoms in total. The van der Waals surface area contributed by atoms with Gasteiger partial charge in [-0.2, -0.15) is 0 Å². The van der Waals surface area contributed by atoms with Crippen LogP contribution < -0.4 is 9.47 Å². The predicted molar refractivity (Wildman–Crippen MR) is 106 cm³/mol. The first-order chi connectivity index (χ1) is 12.1.